The van der Waals surface area contributed by atoms with Crippen LogP contribution >= 0.6 is 0 Å². The van der Waals surface area contributed by atoms with Gasteiger partial charge in [0.05, 0.1) is 5.75 Å². The fraction of sp³-hybridized carbons (Fsp3) is 1.00. The van der Waals surface area contributed by atoms with Gasteiger partial charge < -0.3 is 5.32 Å². The predicted molar refractivity (Wildman–Crippen MR) is 60.5 cm³/mol. The minimum Gasteiger partial charge on any atom is -0.310 e. The van der Waals surface area contributed by atoms with Crippen molar-refractivity contribution in [2.45, 2.75) is 45.1 Å². The van der Waals surface area contributed by atoms with Crippen LogP contribution in [0.5, 0.6) is 0 Å². The molecule has 15 heavy (non-hydrogen) atoms. The molecule has 1 saturated carbocycles. The van der Waals surface area contributed by atoms with Gasteiger partial charge in [0.15, 0.2) is 0 Å². The molecular formula is C10H21NO3S. The lowest BCUT2D eigenvalue weighted by atomic mass is 9.75. The topological polar surface area (TPSA) is 66.4 Å². The third-order valence-electron chi connectivity index (χ3n) is 3.56. The van der Waals surface area contributed by atoms with E-state index in [2.05, 4.69) is 19.2 Å². The van der Waals surface area contributed by atoms with E-state index in [1.54, 1.807) is 0 Å². The van der Waals surface area contributed by atoms with Gasteiger partial charge in [0, 0.05) is 12.1 Å². The summed E-state index contributed by atoms with van der Waals surface area (Å²) in [5.41, 5.74) is 0.0307. The molecule has 2 N–H and O–H groups in total. The van der Waals surface area contributed by atoms with Gasteiger partial charge in [0.25, 0.3) is 10.1 Å². The zero-order chi connectivity index (χ0) is 11.5. The molecule has 0 spiro atoms. The van der Waals surface area contributed by atoms with Crippen LogP contribution in [-0.2, 0) is 10.1 Å². The van der Waals surface area contributed by atoms with Crippen LogP contribution in [0.2, 0.25) is 0 Å². The molecule has 4 nitrogen and oxygen atoms in total. The summed E-state index contributed by atoms with van der Waals surface area (Å²) in [6.07, 6.45) is 4.73. The molecule has 0 saturated heterocycles. The highest BCUT2D eigenvalue weighted by atomic mass is 32.2. The molecule has 5 heteroatoms. The molecule has 2 atom stereocenters. The fourth-order valence-electron chi connectivity index (χ4n) is 2.24. The molecule has 1 rings (SSSR count). The molecule has 1 aliphatic carbocycles. The average Bonchev–Trinajstić information content (AvgIpc) is 2.08. The normalized spacial score (nSPS) is 32.9. The van der Waals surface area contributed by atoms with Gasteiger partial charge in [-0.25, -0.2) is 0 Å². The summed E-state index contributed by atoms with van der Waals surface area (Å²) in [5.74, 6) is 0.364. The molecule has 0 aliphatic heterocycles. The van der Waals surface area contributed by atoms with Crippen LogP contribution in [0.25, 0.3) is 0 Å². The lowest BCUT2D eigenvalue weighted by Crippen LogP contribution is -2.50. The first-order valence-electron chi connectivity index (χ1n) is 5.54. The smallest absolute Gasteiger partial charge is 0.266 e. The quantitative estimate of drug-likeness (QED) is 0.723. The van der Waals surface area contributed by atoms with Crippen LogP contribution in [0.1, 0.15) is 39.5 Å². The molecule has 90 valence electrons. The van der Waals surface area contributed by atoms with Crippen molar-refractivity contribution in [3.8, 4) is 0 Å². The number of rotatable bonds is 4. The number of hydrogen-bond donors (Lipinski definition) is 2. The van der Waals surface area contributed by atoms with Crippen LogP contribution in [0.4, 0.5) is 0 Å². The second-order valence-corrected chi connectivity index (χ2v) is 6.35. The van der Waals surface area contributed by atoms with Crippen molar-refractivity contribution in [2.24, 2.45) is 5.92 Å². The number of hydrogen-bond acceptors (Lipinski definition) is 3. The molecule has 0 aromatic heterocycles. The van der Waals surface area contributed by atoms with Gasteiger partial charge in [-0.05, 0) is 25.7 Å². The van der Waals surface area contributed by atoms with E-state index in [1.807, 2.05) is 0 Å². The van der Waals surface area contributed by atoms with Gasteiger partial charge in [-0.15, -0.1) is 0 Å². The second-order valence-electron chi connectivity index (χ2n) is 4.78. The summed E-state index contributed by atoms with van der Waals surface area (Å²) in [7, 11) is -3.83. The zero-order valence-corrected chi connectivity index (χ0v) is 10.3. The van der Waals surface area contributed by atoms with Crippen LogP contribution in [-0.4, -0.2) is 30.8 Å². The van der Waals surface area contributed by atoms with E-state index in [-0.39, 0.29) is 11.3 Å². The molecule has 0 aromatic rings. The lowest BCUT2D eigenvalue weighted by molar-refractivity contribution is 0.177. The van der Waals surface area contributed by atoms with Crippen LogP contribution in [0, 0.1) is 5.92 Å². The molecule has 1 fully saturated rings. The van der Waals surface area contributed by atoms with Crippen LogP contribution < -0.4 is 5.32 Å². The largest absolute Gasteiger partial charge is 0.310 e. The Morgan fingerprint density at radius 1 is 1.47 bits per heavy atom. The highest BCUT2D eigenvalue weighted by Gasteiger charge is 2.32. The Balaban J connectivity index is 2.42. The average molecular weight is 235 g/mol. The Morgan fingerprint density at radius 2 is 2.13 bits per heavy atom. The third kappa shape index (κ3) is 4.09. The standard InChI is InChI=1S/C10H21NO3S/c1-9-5-3-4-6-10(9,2)11-7-8-15(12,13)14/h9,11H,3-8H2,1-2H3,(H,12,13,14). The van der Waals surface area contributed by atoms with Gasteiger partial charge in [0.2, 0.25) is 0 Å². The maximum atomic E-state index is 10.6. The molecule has 0 aromatic carbocycles. The van der Waals surface area contributed by atoms with Crippen molar-refractivity contribution in [3.05, 3.63) is 0 Å². The first-order valence-corrected chi connectivity index (χ1v) is 7.15. The first kappa shape index (κ1) is 12.9. The minimum atomic E-state index is -3.83. The van der Waals surface area contributed by atoms with Gasteiger partial charge in [0.1, 0.15) is 0 Å². The van der Waals surface area contributed by atoms with Crippen molar-refractivity contribution in [1.29, 1.82) is 0 Å². The summed E-state index contributed by atoms with van der Waals surface area (Å²) < 4.78 is 29.8. The minimum absolute atomic E-state index is 0.0307. The van der Waals surface area contributed by atoms with Crippen molar-refractivity contribution in [2.75, 3.05) is 12.3 Å². The molecule has 0 bridgehead atoms. The summed E-state index contributed by atoms with van der Waals surface area (Å²) >= 11 is 0. The molecule has 2 unspecified atom stereocenters. The highest BCUT2D eigenvalue weighted by molar-refractivity contribution is 7.85. The third-order valence-corrected chi connectivity index (χ3v) is 4.28. The first-order chi connectivity index (χ1) is 6.83. The van der Waals surface area contributed by atoms with E-state index in [9.17, 15) is 8.42 Å². The van der Waals surface area contributed by atoms with Crippen molar-refractivity contribution < 1.29 is 13.0 Å². The Labute approximate surface area is 92.2 Å². The van der Waals surface area contributed by atoms with Gasteiger partial charge in [-0.1, -0.05) is 19.8 Å². The van der Waals surface area contributed by atoms with E-state index in [0.29, 0.717) is 12.5 Å². The van der Waals surface area contributed by atoms with Crippen LogP contribution in [0.15, 0.2) is 0 Å². The van der Waals surface area contributed by atoms with Crippen molar-refractivity contribution >= 4 is 10.1 Å². The summed E-state index contributed by atoms with van der Waals surface area (Å²) in [5, 5.41) is 3.27. The summed E-state index contributed by atoms with van der Waals surface area (Å²) in [6, 6.07) is 0. The van der Waals surface area contributed by atoms with E-state index in [0.717, 1.165) is 6.42 Å². The molecule has 1 aliphatic rings. The summed E-state index contributed by atoms with van der Waals surface area (Å²) in [6.45, 7) is 4.67. The molecule has 0 amide bonds. The molecule has 0 radical (unpaired) electrons. The SMILES string of the molecule is CC1CCCCC1(C)NCCS(=O)(=O)O. The maximum Gasteiger partial charge on any atom is 0.266 e. The Kier molecular flexibility index (Phi) is 4.14. The zero-order valence-electron chi connectivity index (χ0n) is 9.49. The van der Waals surface area contributed by atoms with E-state index in [1.165, 1.54) is 19.3 Å². The Hall–Kier alpha value is -0.130. The summed E-state index contributed by atoms with van der Waals surface area (Å²) in [4.78, 5) is 0. The van der Waals surface area contributed by atoms with Crippen molar-refractivity contribution in [3.63, 3.8) is 0 Å². The van der Waals surface area contributed by atoms with E-state index >= 15 is 0 Å². The maximum absolute atomic E-state index is 10.6. The Bertz CT molecular complexity index is 302. The highest BCUT2D eigenvalue weighted by Crippen LogP contribution is 2.32. The van der Waals surface area contributed by atoms with E-state index in [4.69, 9.17) is 4.55 Å². The van der Waals surface area contributed by atoms with E-state index < -0.39 is 10.1 Å². The molecule has 0 heterocycles. The lowest BCUT2D eigenvalue weighted by Gasteiger charge is -2.40. The Morgan fingerprint density at radius 3 is 2.67 bits per heavy atom. The molecular weight excluding hydrogens is 214 g/mol. The second kappa shape index (κ2) is 4.80. The van der Waals surface area contributed by atoms with Gasteiger partial charge in [-0.2, -0.15) is 8.42 Å². The van der Waals surface area contributed by atoms with Gasteiger partial charge >= 0.3 is 0 Å². The fourth-order valence-corrected chi connectivity index (χ4v) is 2.60. The number of nitrogens with one attached hydrogen (secondary N) is 1. The monoisotopic (exact) mass is 235 g/mol. The van der Waals surface area contributed by atoms with Gasteiger partial charge in [-0.3, -0.25) is 4.55 Å². The predicted octanol–water partition coefficient (Wildman–Crippen LogP) is 1.43. The van der Waals surface area contributed by atoms with Crippen molar-refractivity contribution in [1.82, 2.24) is 5.32 Å². The van der Waals surface area contributed by atoms with Crippen LogP contribution in [0.3, 0.4) is 0 Å².